The van der Waals surface area contributed by atoms with Crippen LogP contribution in [0.1, 0.15) is 19.8 Å². The van der Waals surface area contributed by atoms with Crippen molar-refractivity contribution in [3.8, 4) is 0 Å². The van der Waals surface area contributed by atoms with Gasteiger partial charge in [0.25, 0.3) is 5.91 Å². The van der Waals surface area contributed by atoms with Gasteiger partial charge in [0, 0.05) is 24.5 Å². The average Bonchev–Trinajstić information content (AvgIpc) is 3.39. The van der Waals surface area contributed by atoms with Gasteiger partial charge in [-0.1, -0.05) is 41.7 Å². The minimum absolute atomic E-state index is 0.0241. The SMILES string of the molecule is CCOCCn1c(=NC(=O)C2CC2)sc2c3ccccc3ccc21. The number of hydrogen-bond acceptors (Lipinski definition) is 3. The standard InChI is InChI=1S/C19H20N2O2S/c1-2-23-12-11-21-16-10-9-13-5-3-4-6-15(13)17(16)24-19(21)20-18(22)14-7-8-14/h3-6,9-10,14H,2,7-8,11-12H2,1H3. The van der Waals surface area contributed by atoms with Gasteiger partial charge in [-0.2, -0.15) is 4.99 Å². The molecule has 5 heteroatoms. The van der Waals surface area contributed by atoms with Crippen LogP contribution in [-0.2, 0) is 16.1 Å². The lowest BCUT2D eigenvalue weighted by Crippen LogP contribution is -2.20. The first-order valence-corrected chi connectivity index (χ1v) is 9.27. The van der Waals surface area contributed by atoms with E-state index in [9.17, 15) is 4.79 Å². The maximum absolute atomic E-state index is 12.2. The lowest BCUT2D eigenvalue weighted by Gasteiger charge is -2.06. The molecule has 2 aromatic carbocycles. The lowest BCUT2D eigenvalue weighted by atomic mass is 10.1. The van der Waals surface area contributed by atoms with Crippen molar-refractivity contribution < 1.29 is 9.53 Å². The molecule has 1 saturated carbocycles. The van der Waals surface area contributed by atoms with Gasteiger partial charge in [0.2, 0.25) is 0 Å². The zero-order chi connectivity index (χ0) is 16.5. The summed E-state index contributed by atoms with van der Waals surface area (Å²) in [7, 11) is 0. The molecular formula is C19H20N2O2S. The average molecular weight is 340 g/mol. The second-order valence-electron chi connectivity index (χ2n) is 6.09. The Labute approximate surface area is 144 Å². The van der Waals surface area contributed by atoms with Gasteiger partial charge in [-0.25, -0.2) is 0 Å². The minimum atomic E-state index is 0.0241. The number of ether oxygens (including phenoxy) is 1. The van der Waals surface area contributed by atoms with Crippen molar-refractivity contribution >= 4 is 38.2 Å². The number of aromatic nitrogens is 1. The first kappa shape index (κ1) is 15.5. The molecule has 1 aromatic heterocycles. The van der Waals surface area contributed by atoms with E-state index >= 15 is 0 Å². The first-order valence-electron chi connectivity index (χ1n) is 8.45. The third-order valence-corrected chi connectivity index (χ3v) is 5.50. The Morgan fingerprint density at radius 3 is 2.92 bits per heavy atom. The van der Waals surface area contributed by atoms with E-state index in [4.69, 9.17) is 4.74 Å². The molecule has 3 aromatic rings. The predicted molar refractivity (Wildman–Crippen MR) is 97.1 cm³/mol. The second kappa shape index (κ2) is 6.49. The number of nitrogens with zero attached hydrogens (tertiary/aromatic N) is 2. The Bertz CT molecular complexity index is 966. The van der Waals surface area contributed by atoms with E-state index in [-0.39, 0.29) is 11.8 Å². The van der Waals surface area contributed by atoms with E-state index in [1.807, 2.05) is 13.0 Å². The summed E-state index contributed by atoms with van der Waals surface area (Å²) in [5.74, 6) is 0.170. The zero-order valence-electron chi connectivity index (χ0n) is 13.7. The minimum Gasteiger partial charge on any atom is -0.380 e. The van der Waals surface area contributed by atoms with Gasteiger partial charge in [-0.15, -0.1) is 0 Å². The maximum Gasteiger partial charge on any atom is 0.251 e. The Hall–Kier alpha value is -1.98. The molecular weight excluding hydrogens is 320 g/mol. The molecule has 4 nitrogen and oxygen atoms in total. The van der Waals surface area contributed by atoms with Gasteiger partial charge in [0.05, 0.1) is 16.8 Å². The second-order valence-corrected chi connectivity index (χ2v) is 7.07. The van der Waals surface area contributed by atoms with Crippen LogP contribution in [0.4, 0.5) is 0 Å². The molecule has 1 aliphatic rings. The molecule has 0 bridgehead atoms. The summed E-state index contributed by atoms with van der Waals surface area (Å²) >= 11 is 1.60. The van der Waals surface area contributed by atoms with Crippen LogP contribution in [0.25, 0.3) is 21.0 Å². The Morgan fingerprint density at radius 1 is 1.29 bits per heavy atom. The summed E-state index contributed by atoms with van der Waals surface area (Å²) < 4.78 is 8.83. The van der Waals surface area contributed by atoms with Crippen molar-refractivity contribution in [3.63, 3.8) is 0 Å². The number of amides is 1. The quantitative estimate of drug-likeness (QED) is 0.664. The van der Waals surface area contributed by atoms with Crippen LogP contribution in [0.5, 0.6) is 0 Å². The third kappa shape index (κ3) is 2.89. The Balaban J connectivity index is 1.89. The van der Waals surface area contributed by atoms with Crippen LogP contribution in [-0.4, -0.2) is 23.7 Å². The number of hydrogen-bond donors (Lipinski definition) is 0. The molecule has 0 N–H and O–H groups in total. The van der Waals surface area contributed by atoms with Crippen molar-refractivity contribution in [1.29, 1.82) is 0 Å². The smallest absolute Gasteiger partial charge is 0.251 e. The summed E-state index contributed by atoms with van der Waals surface area (Å²) in [6, 6.07) is 12.6. The highest BCUT2D eigenvalue weighted by atomic mass is 32.1. The topological polar surface area (TPSA) is 43.6 Å². The summed E-state index contributed by atoms with van der Waals surface area (Å²) in [5, 5.41) is 2.42. The first-order chi connectivity index (χ1) is 11.8. The number of rotatable bonds is 5. The Kier molecular flexibility index (Phi) is 4.21. The summed E-state index contributed by atoms with van der Waals surface area (Å²) in [6.07, 6.45) is 1.96. The van der Waals surface area contributed by atoms with Gasteiger partial charge < -0.3 is 9.30 Å². The van der Waals surface area contributed by atoms with Crippen LogP contribution in [0.15, 0.2) is 41.4 Å². The van der Waals surface area contributed by atoms with Crippen molar-refractivity contribution in [2.75, 3.05) is 13.2 Å². The van der Waals surface area contributed by atoms with Crippen LogP contribution < -0.4 is 4.80 Å². The van der Waals surface area contributed by atoms with E-state index in [2.05, 4.69) is 39.9 Å². The largest absolute Gasteiger partial charge is 0.380 e. The fourth-order valence-corrected chi connectivity index (χ4v) is 4.11. The predicted octanol–water partition coefficient (Wildman–Crippen LogP) is 3.73. The number of carbonyl (C=O) groups excluding carboxylic acids is 1. The van der Waals surface area contributed by atoms with E-state index in [0.29, 0.717) is 19.8 Å². The molecule has 0 saturated heterocycles. The van der Waals surface area contributed by atoms with Crippen LogP contribution in [0.3, 0.4) is 0 Å². The fourth-order valence-electron chi connectivity index (χ4n) is 2.92. The van der Waals surface area contributed by atoms with Crippen LogP contribution >= 0.6 is 11.3 Å². The molecule has 0 spiro atoms. The highest BCUT2D eigenvalue weighted by molar-refractivity contribution is 7.17. The molecule has 0 atom stereocenters. The summed E-state index contributed by atoms with van der Waals surface area (Å²) in [4.78, 5) is 17.4. The van der Waals surface area contributed by atoms with Gasteiger partial charge in [0.15, 0.2) is 4.80 Å². The number of benzene rings is 2. The van der Waals surface area contributed by atoms with E-state index in [1.165, 1.54) is 15.5 Å². The molecule has 1 heterocycles. The molecule has 0 radical (unpaired) electrons. The lowest BCUT2D eigenvalue weighted by molar-refractivity contribution is -0.119. The van der Waals surface area contributed by atoms with Gasteiger partial charge in [-0.05, 0) is 31.2 Å². The van der Waals surface area contributed by atoms with Crippen molar-refractivity contribution in [1.82, 2.24) is 4.57 Å². The molecule has 4 rings (SSSR count). The molecule has 0 unspecified atom stereocenters. The molecule has 24 heavy (non-hydrogen) atoms. The monoisotopic (exact) mass is 340 g/mol. The fraction of sp³-hybridized carbons (Fsp3) is 0.368. The van der Waals surface area contributed by atoms with Gasteiger partial charge in [-0.3, -0.25) is 4.79 Å². The van der Waals surface area contributed by atoms with Crippen LogP contribution in [0, 0.1) is 5.92 Å². The van der Waals surface area contributed by atoms with Gasteiger partial charge >= 0.3 is 0 Å². The number of thiazole rings is 1. The molecule has 1 amide bonds. The zero-order valence-corrected chi connectivity index (χ0v) is 14.5. The maximum atomic E-state index is 12.2. The number of carbonyl (C=O) groups is 1. The van der Waals surface area contributed by atoms with Gasteiger partial charge in [0.1, 0.15) is 0 Å². The summed E-state index contributed by atoms with van der Waals surface area (Å²) in [5.41, 5.74) is 1.13. The Morgan fingerprint density at radius 2 is 2.12 bits per heavy atom. The van der Waals surface area contributed by atoms with E-state index < -0.39 is 0 Å². The normalized spacial score (nSPS) is 15.5. The number of fused-ring (bicyclic) bond motifs is 3. The van der Waals surface area contributed by atoms with Crippen molar-refractivity contribution in [2.24, 2.45) is 10.9 Å². The van der Waals surface area contributed by atoms with Crippen molar-refractivity contribution in [2.45, 2.75) is 26.3 Å². The van der Waals surface area contributed by atoms with Crippen LogP contribution in [0.2, 0.25) is 0 Å². The molecule has 124 valence electrons. The third-order valence-electron chi connectivity index (χ3n) is 4.37. The van der Waals surface area contributed by atoms with E-state index in [0.717, 1.165) is 23.2 Å². The molecule has 1 fully saturated rings. The molecule has 0 aliphatic heterocycles. The summed E-state index contributed by atoms with van der Waals surface area (Å²) in [6.45, 7) is 4.02. The highest BCUT2D eigenvalue weighted by Crippen LogP contribution is 2.31. The highest BCUT2D eigenvalue weighted by Gasteiger charge is 2.29. The van der Waals surface area contributed by atoms with E-state index in [1.54, 1.807) is 11.3 Å². The van der Waals surface area contributed by atoms with Crippen molar-refractivity contribution in [3.05, 3.63) is 41.2 Å². The molecule has 1 aliphatic carbocycles.